The number of hydrogen-bond donors (Lipinski definition) is 0. The molecule has 0 spiro atoms. The highest BCUT2D eigenvalue weighted by atomic mass is 32.2. The second-order valence-electron chi connectivity index (χ2n) is 10.9. The van der Waals surface area contributed by atoms with Crippen molar-refractivity contribution in [1.29, 1.82) is 0 Å². The second-order valence-corrected chi connectivity index (χ2v) is 13.8. The number of nitrogens with zero attached hydrogens (tertiary/aromatic N) is 4. The molecule has 0 aliphatic heterocycles. The second kappa shape index (κ2) is 13.9. The number of likely N-dealkylation sites (N-methyl/N-ethyl adjacent to an activating group) is 1. The van der Waals surface area contributed by atoms with Crippen LogP contribution in [0.25, 0.3) is 10.2 Å². The van der Waals surface area contributed by atoms with E-state index in [0.29, 0.717) is 42.6 Å². The Bertz CT molecular complexity index is 1370. The maximum absolute atomic E-state index is 13.9. The molecule has 1 heterocycles. The number of aryl methyl sites for hydroxylation is 1. The first-order valence-corrected chi connectivity index (χ1v) is 16.3. The van der Waals surface area contributed by atoms with E-state index in [1.165, 1.54) is 11.3 Å². The molecule has 0 radical (unpaired) electrons. The SMILES string of the molecule is CCN(CC)CCN(C(=O)c1ccc(S(=O)(=O)N(CC(C)C)CC(C)C)cc1)c1nc2c(OC)ccc(C)c2s1. The molecule has 0 N–H and O–H groups in total. The number of carbonyl (C=O) groups excluding carboxylic acids is 1. The fourth-order valence-corrected chi connectivity index (χ4v) is 7.45. The number of thiazole rings is 1. The summed E-state index contributed by atoms with van der Waals surface area (Å²) < 4.78 is 35.0. The third kappa shape index (κ3) is 7.40. The van der Waals surface area contributed by atoms with E-state index in [0.717, 1.165) is 28.9 Å². The molecule has 0 fully saturated rings. The van der Waals surface area contributed by atoms with Gasteiger partial charge in [0.1, 0.15) is 11.3 Å². The minimum absolute atomic E-state index is 0.195. The van der Waals surface area contributed by atoms with Gasteiger partial charge in [-0.15, -0.1) is 0 Å². The molecule has 1 aromatic heterocycles. The van der Waals surface area contributed by atoms with Crippen LogP contribution in [0, 0.1) is 18.8 Å². The fraction of sp³-hybridized carbons (Fsp3) is 0.533. The van der Waals surface area contributed by atoms with Crippen LogP contribution in [-0.2, 0) is 10.0 Å². The molecule has 0 atom stereocenters. The van der Waals surface area contributed by atoms with Crippen LogP contribution in [0.15, 0.2) is 41.3 Å². The number of hydrogen-bond acceptors (Lipinski definition) is 7. The Morgan fingerprint density at radius 2 is 1.55 bits per heavy atom. The zero-order valence-corrected chi connectivity index (χ0v) is 26.7. The van der Waals surface area contributed by atoms with Crippen molar-refractivity contribution >= 4 is 42.6 Å². The molecule has 2 aromatic carbocycles. The third-order valence-corrected chi connectivity index (χ3v) is 9.86. The number of methoxy groups -OCH3 is 1. The van der Waals surface area contributed by atoms with E-state index in [-0.39, 0.29) is 22.6 Å². The van der Waals surface area contributed by atoms with Gasteiger partial charge in [-0.05, 0) is 67.7 Å². The largest absolute Gasteiger partial charge is 0.494 e. The van der Waals surface area contributed by atoms with Crippen LogP contribution in [0.1, 0.15) is 57.5 Å². The Hall–Kier alpha value is -2.53. The highest BCUT2D eigenvalue weighted by Gasteiger charge is 2.28. The number of anilines is 1. The summed E-state index contributed by atoms with van der Waals surface area (Å²) in [5.74, 6) is 0.851. The van der Waals surface area contributed by atoms with Crippen molar-refractivity contribution in [3.8, 4) is 5.75 Å². The van der Waals surface area contributed by atoms with Crippen LogP contribution < -0.4 is 9.64 Å². The van der Waals surface area contributed by atoms with E-state index in [1.54, 1.807) is 40.6 Å². The standard InChI is InChI=1S/C30H44N4O4S2/c1-9-32(10-2)17-18-34(30-31-27-26(38-8)16-11-23(7)28(27)39-30)29(35)24-12-14-25(15-13-24)40(36,37)33(19-21(3)4)20-22(5)6/h11-16,21-22H,9-10,17-20H2,1-8H3. The van der Waals surface area contributed by atoms with Gasteiger partial charge in [-0.3, -0.25) is 9.69 Å². The molecular formula is C30H44N4O4S2. The molecule has 8 nitrogen and oxygen atoms in total. The van der Waals surface area contributed by atoms with Crippen molar-refractivity contribution in [1.82, 2.24) is 14.2 Å². The Morgan fingerprint density at radius 3 is 2.08 bits per heavy atom. The van der Waals surface area contributed by atoms with E-state index in [2.05, 4.69) is 18.7 Å². The van der Waals surface area contributed by atoms with Crippen molar-refractivity contribution in [2.75, 3.05) is 51.3 Å². The molecule has 0 aliphatic rings. The Labute approximate surface area is 244 Å². The van der Waals surface area contributed by atoms with Gasteiger partial charge < -0.3 is 9.64 Å². The van der Waals surface area contributed by atoms with Crippen molar-refractivity contribution in [2.24, 2.45) is 11.8 Å². The van der Waals surface area contributed by atoms with Gasteiger partial charge in [0, 0.05) is 31.7 Å². The Balaban J connectivity index is 1.98. The molecule has 40 heavy (non-hydrogen) atoms. The van der Waals surface area contributed by atoms with Crippen molar-refractivity contribution < 1.29 is 17.9 Å². The zero-order chi connectivity index (χ0) is 29.6. The Kier molecular flexibility index (Phi) is 11.1. The zero-order valence-electron chi connectivity index (χ0n) is 25.1. The molecule has 1 amide bonds. The number of amides is 1. The summed E-state index contributed by atoms with van der Waals surface area (Å²) in [5.41, 5.74) is 2.22. The smallest absolute Gasteiger partial charge is 0.260 e. The summed E-state index contributed by atoms with van der Waals surface area (Å²) in [4.78, 5) is 22.9. The summed E-state index contributed by atoms with van der Waals surface area (Å²) in [7, 11) is -2.07. The minimum Gasteiger partial charge on any atom is -0.494 e. The average Bonchev–Trinajstić information content (AvgIpc) is 3.36. The predicted molar refractivity (Wildman–Crippen MR) is 165 cm³/mol. The van der Waals surface area contributed by atoms with Crippen molar-refractivity contribution in [3.05, 3.63) is 47.5 Å². The minimum atomic E-state index is -3.69. The lowest BCUT2D eigenvalue weighted by atomic mass is 10.2. The van der Waals surface area contributed by atoms with Crippen LogP contribution in [0.2, 0.25) is 0 Å². The molecule has 3 aromatic rings. The van der Waals surface area contributed by atoms with Crippen molar-refractivity contribution in [3.63, 3.8) is 0 Å². The predicted octanol–water partition coefficient (Wildman–Crippen LogP) is 5.90. The first kappa shape index (κ1) is 32.0. The Morgan fingerprint density at radius 1 is 0.950 bits per heavy atom. The first-order valence-electron chi connectivity index (χ1n) is 14.0. The lowest BCUT2D eigenvalue weighted by molar-refractivity contribution is 0.0983. The number of rotatable bonds is 14. The van der Waals surface area contributed by atoms with Crippen LogP contribution >= 0.6 is 11.3 Å². The number of fused-ring (bicyclic) bond motifs is 1. The maximum atomic E-state index is 13.9. The number of aromatic nitrogens is 1. The van der Waals surface area contributed by atoms with Gasteiger partial charge in [0.15, 0.2) is 5.13 Å². The van der Waals surface area contributed by atoms with E-state index >= 15 is 0 Å². The molecule has 0 unspecified atom stereocenters. The van der Waals surface area contributed by atoms with E-state index in [1.807, 2.05) is 46.8 Å². The molecule has 220 valence electrons. The number of sulfonamides is 1. The van der Waals surface area contributed by atoms with Gasteiger partial charge >= 0.3 is 0 Å². The van der Waals surface area contributed by atoms with Gasteiger partial charge in [0.05, 0.1) is 16.7 Å². The lowest BCUT2D eigenvalue weighted by Crippen LogP contribution is -2.39. The normalized spacial score (nSPS) is 12.3. The molecule has 10 heteroatoms. The number of ether oxygens (including phenoxy) is 1. The number of carbonyl (C=O) groups is 1. The van der Waals surface area contributed by atoms with E-state index in [9.17, 15) is 13.2 Å². The molecule has 0 aliphatic carbocycles. The number of benzene rings is 2. The quantitative estimate of drug-likeness (QED) is 0.233. The van der Waals surface area contributed by atoms with Gasteiger partial charge in [0.25, 0.3) is 5.91 Å². The van der Waals surface area contributed by atoms with Gasteiger partial charge in [-0.1, -0.05) is 58.9 Å². The lowest BCUT2D eigenvalue weighted by Gasteiger charge is -2.26. The molecule has 0 bridgehead atoms. The molecule has 0 saturated heterocycles. The first-order chi connectivity index (χ1) is 18.9. The summed E-state index contributed by atoms with van der Waals surface area (Å²) in [5, 5.41) is 0.594. The third-order valence-electron chi connectivity index (χ3n) is 6.80. The van der Waals surface area contributed by atoms with Crippen LogP contribution in [0.5, 0.6) is 5.75 Å². The highest BCUT2D eigenvalue weighted by molar-refractivity contribution is 7.89. The summed E-state index contributed by atoms with van der Waals surface area (Å²) >= 11 is 1.47. The molecular weight excluding hydrogens is 544 g/mol. The van der Waals surface area contributed by atoms with E-state index < -0.39 is 10.0 Å². The van der Waals surface area contributed by atoms with Gasteiger partial charge in [-0.25, -0.2) is 13.4 Å². The van der Waals surface area contributed by atoms with Gasteiger partial charge in [-0.2, -0.15) is 4.31 Å². The monoisotopic (exact) mass is 588 g/mol. The highest BCUT2D eigenvalue weighted by Crippen LogP contribution is 2.37. The summed E-state index contributed by atoms with van der Waals surface area (Å²) in [6.45, 7) is 18.1. The maximum Gasteiger partial charge on any atom is 0.260 e. The summed E-state index contributed by atoms with van der Waals surface area (Å²) in [6, 6.07) is 10.2. The summed E-state index contributed by atoms with van der Waals surface area (Å²) in [6.07, 6.45) is 0. The van der Waals surface area contributed by atoms with E-state index in [4.69, 9.17) is 9.72 Å². The van der Waals surface area contributed by atoms with Crippen LogP contribution in [0.4, 0.5) is 5.13 Å². The topological polar surface area (TPSA) is 83.1 Å². The van der Waals surface area contributed by atoms with Gasteiger partial charge in [0.2, 0.25) is 10.0 Å². The molecule has 0 saturated carbocycles. The average molecular weight is 589 g/mol. The fourth-order valence-electron chi connectivity index (χ4n) is 4.60. The van der Waals surface area contributed by atoms with Crippen LogP contribution in [-0.4, -0.2) is 74.9 Å². The van der Waals surface area contributed by atoms with Crippen LogP contribution in [0.3, 0.4) is 0 Å². The molecule has 3 rings (SSSR count). The van der Waals surface area contributed by atoms with Crippen molar-refractivity contribution in [2.45, 2.75) is 53.4 Å².